The molecule has 1 fully saturated rings. The number of furan rings is 1. The lowest BCUT2D eigenvalue weighted by molar-refractivity contribution is 0.0954. The summed E-state index contributed by atoms with van der Waals surface area (Å²) in [7, 11) is 0. The van der Waals surface area contributed by atoms with Crippen molar-refractivity contribution < 1.29 is 14.3 Å². The van der Waals surface area contributed by atoms with Crippen molar-refractivity contribution in [3.8, 4) is 5.75 Å². The van der Waals surface area contributed by atoms with Gasteiger partial charge in [0.15, 0.2) is 5.88 Å². The smallest absolute Gasteiger partial charge is 0.271 e. The van der Waals surface area contributed by atoms with Crippen molar-refractivity contribution in [2.45, 2.75) is 12.8 Å². The van der Waals surface area contributed by atoms with E-state index in [1.54, 1.807) is 12.1 Å². The fraction of sp³-hybridized carbons (Fsp3) is 0.250. The van der Waals surface area contributed by atoms with Gasteiger partial charge in [0, 0.05) is 24.7 Å². The highest BCUT2D eigenvalue weighted by Gasteiger charge is 2.15. The maximum absolute atomic E-state index is 11.9. The maximum atomic E-state index is 11.9. The van der Waals surface area contributed by atoms with Gasteiger partial charge in [0.05, 0.1) is 9.78 Å². The number of phenolic OH excluding ortho intramolecular Hbond substituents is 1. The van der Waals surface area contributed by atoms with Crippen LogP contribution in [0.1, 0.15) is 29.0 Å². The van der Waals surface area contributed by atoms with Crippen LogP contribution in [0, 0.1) is 3.57 Å². The van der Waals surface area contributed by atoms with Crippen LogP contribution in [0.25, 0.3) is 0 Å². The molecular formula is C16H16IN3O3. The van der Waals surface area contributed by atoms with Gasteiger partial charge in [-0.15, -0.1) is 0 Å². The molecule has 2 heterocycles. The van der Waals surface area contributed by atoms with Gasteiger partial charge in [-0.25, -0.2) is 5.43 Å². The summed E-state index contributed by atoms with van der Waals surface area (Å²) in [5.74, 6) is 1.10. The van der Waals surface area contributed by atoms with Gasteiger partial charge in [0.2, 0.25) is 0 Å². The first-order valence-electron chi connectivity index (χ1n) is 7.30. The van der Waals surface area contributed by atoms with E-state index in [1.807, 2.05) is 34.7 Å². The Kier molecular flexibility index (Phi) is 4.85. The largest absolute Gasteiger partial charge is 0.507 e. The van der Waals surface area contributed by atoms with Crippen molar-refractivity contribution in [3.63, 3.8) is 0 Å². The second kappa shape index (κ2) is 7.03. The van der Waals surface area contributed by atoms with Gasteiger partial charge < -0.3 is 14.4 Å². The summed E-state index contributed by atoms with van der Waals surface area (Å²) < 4.78 is 6.36. The Morgan fingerprint density at radius 3 is 2.83 bits per heavy atom. The van der Waals surface area contributed by atoms with Crippen molar-refractivity contribution in [1.29, 1.82) is 0 Å². The average molecular weight is 425 g/mol. The number of amides is 1. The molecule has 1 aliphatic heterocycles. The second-order valence-electron chi connectivity index (χ2n) is 5.24. The molecule has 120 valence electrons. The van der Waals surface area contributed by atoms with Gasteiger partial charge in [-0.2, -0.15) is 5.10 Å². The summed E-state index contributed by atoms with van der Waals surface area (Å²) in [6.07, 6.45) is 3.83. The fourth-order valence-electron chi connectivity index (χ4n) is 2.39. The molecule has 0 radical (unpaired) electrons. The minimum absolute atomic E-state index is 0.0727. The van der Waals surface area contributed by atoms with Gasteiger partial charge >= 0.3 is 0 Å². The minimum atomic E-state index is -0.390. The van der Waals surface area contributed by atoms with Gasteiger partial charge in [-0.05, 0) is 59.7 Å². The summed E-state index contributed by atoms with van der Waals surface area (Å²) in [4.78, 5) is 14.1. The Hall–Kier alpha value is -2.03. The van der Waals surface area contributed by atoms with E-state index in [1.165, 1.54) is 25.1 Å². The molecule has 0 unspecified atom stereocenters. The van der Waals surface area contributed by atoms with E-state index in [2.05, 4.69) is 15.4 Å². The molecule has 0 spiro atoms. The number of carbonyl (C=O) groups excluding carboxylic acids is 1. The number of rotatable bonds is 4. The molecule has 2 N–H and O–H groups in total. The van der Waals surface area contributed by atoms with E-state index in [0.29, 0.717) is 14.9 Å². The molecule has 2 aromatic rings. The molecule has 0 atom stereocenters. The van der Waals surface area contributed by atoms with Crippen molar-refractivity contribution in [2.24, 2.45) is 5.10 Å². The third kappa shape index (κ3) is 3.84. The average Bonchev–Trinajstić information content (AvgIpc) is 3.20. The highest BCUT2D eigenvalue weighted by atomic mass is 127. The van der Waals surface area contributed by atoms with Crippen molar-refractivity contribution in [1.82, 2.24) is 5.43 Å². The van der Waals surface area contributed by atoms with Gasteiger partial charge in [-0.3, -0.25) is 4.79 Å². The fourth-order valence-corrected chi connectivity index (χ4v) is 2.73. The van der Waals surface area contributed by atoms with Crippen LogP contribution >= 0.6 is 22.6 Å². The summed E-state index contributed by atoms with van der Waals surface area (Å²) in [5.41, 5.74) is 2.76. The molecule has 1 aromatic heterocycles. The van der Waals surface area contributed by atoms with Crippen LogP contribution in [-0.4, -0.2) is 30.3 Å². The molecule has 23 heavy (non-hydrogen) atoms. The van der Waals surface area contributed by atoms with Crippen LogP contribution in [0.15, 0.2) is 39.9 Å². The van der Waals surface area contributed by atoms with Crippen LogP contribution in [-0.2, 0) is 0 Å². The number of benzene rings is 1. The van der Waals surface area contributed by atoms with E-state index < -0.39 is 0 Å². The zero-order chi connectivity index (χ0) is 16.2. The standard InChI is InChI=1S/C16H16IN3O3/c17-13-5-3-11(9-14(13)21)16(22)19-18-10-12-4-6-15(23-12)20-7-1-2-8-20/h3-6,9-10,21H,1-2,7-8H2,(H,19,22)/b18-10-. The Bertz CT molecular complexity index is 736. The molecular weight excluding hydrogens is 409 g/mol. The Morgan fingerprint density at radius 1 is 1.30 bits per heavy atom. The normalized spacial score (nSPS) is 14.6. The Balaban J connectivity index is 1.59. The number of carbonyl (C=O) groups is 1. The Morgan fingerprint density at radius 2 is 2.09 bits per heavy atom. The van der Waals surface area contributed by atoms with Crippen LogP contribution in [0.4, 0.5) is 5.88 Å². The number of halogens is 1. The van der Waals surface area contributed by atoms with Crippen molar-refractivity contribution in [2.75, 3.05) is 18.0 Å². The predicted molar refractivity (Wildman–Crippen MR) is 96.0 cm³/mol. The van der Waals surface area contributed by atoms with Crippen LogP contribution in [0.3, 0.4) is 0 Å². The highest BCUT2D eigenvalue weighted by Crippen LogP contribution is 2.22. The van der Waals surface area contributed by atoms with Crippen LogP contribution in [0.2, 0.25) is 0 Å². The molecule has 1 aliphatic rings. The number of phenols is 1. The zero-order valence-corrected chi connectivity index (χ0v) is 14.5. The van der Waals surface area contributed by atoms with E-state index >= 15 is 0 Å². The van der Waals surface area contributed by atoms with Crippen LogP contribution < -0.4 is 10.3 Å². The van der Waals surface area contributed by atoms with Crippen LogP contribution in [0.5, 0.6) is 5.75 Å². The molecule has 0 aliphatic carbocycles. The summed E-state index contributed by atoms with van der Waals surface area (Å²) >= 11 is 1.99. The van der Waals surface area contributed by atoms with Gasteiger partial charge in [0.1, 0.15) is 11.5 Å². The number of nitrogens with zero attached hydrogens (tertiary/aromatic N) is 2. The quantitative estimate of drug-likeness (QED) is 0.449. The van der Waals surface area contributed by atoms with Crippen molar-refractivity contribution in [3.05, 3.63) is 45.2 Å². The highest BCUT2D eigenvalue weighted by molar-refractivity contribution is 14.1. The van der Waals surface area contributed by atoms with E-state index in [9.17, 15) is 9.90 Å². The molecule has 7 heteroatoms. The number of nitrogens with one attached hydrogen (secondary N) is 1. The number of aromatic hydroxyl groups is 1. The van der Waals surface area contributed by atoms with Crippen molar-refractivity contribution >= 4 is 40.6 Å². The van der Waals surface area contributed by atoms with Gasteiger partial charge in [-0.1, -0.05) is 0 Å². The molecule has 3 rings (SSSR count). The first-order chi connectivity index (χ1) is 11.1. The maximum Gasteiger partial charge on any atom is 0.271 e. The lowest BCUT2D eigenvalue weighted by atomic mass is 10.2. The number of anilines is 1. The molecule has 1 saturated heterocycles. The number of hydrogen-bond donors (Lipinski definition) is 2. The summed E-state index contributed by atoms with van der Waals surface area (Å²) in [6, 6.07) is 8.44. The van der Waals surface area contributed by atoms with E-state index in [-0.39, 0.29) is 11.7 Å². The minimum Gasteiger partial charge on any atom is -0.507 e. The zero-order valence-electron chi connectivity index (χ0n) is 12.3. The first-order valence-corrected chi connectivity index (χ1v) is 8.38. The van der Waals surface area contributed by atoms with E-state index in [4.69, 9.17) is 4.42 Å². The molecule has 6 nitrogen and oxygen atoms in total. The topological polar surface area (TPSA) is 78.1 Å². The summed E-state index contributed by atoms with van der Waals surface area (Å²) in [5, 5.41) is 13.5. The SMILES string of the molecule is O=C(N/N=C\c1ccc(N2CCCC2)o1)c1ccc(I)c(O)c1. The molecule has 1 aromatic carbocycles. The number of hydrazone groups is 1. The third-order valence-electron chi connectivity index (χ3n) is 3.60. The predicted octanol–water partition coefficient (Wildman–Crippen LogP) is 2.95. The molecule has 0 bridgehead atoms. The lowest BCUT2D eigenvalue weighted by Crippen LogP contribution is -2.17. The van der Waals surface area contributed by atoms with E-state index in [0.717, 1.165) is 19.0 Å². The Labute approximate surface area is 147 Å². The molecule has 1 amide bonds. The monoisotopic (exact) mass is 425 g/mol. The lowest BCUT2D eigenvalue weighted by Gasteiger charge is -2.12. The third-order valence-corrected chi connectivity index (χ3v) is 4.51. The first kappa shape index (κ1) is 15.9. The second-order valence-corrected chi connectivity index (χ2v) is 6.40. The number of hydrogen-bond acceptors (Lipinski definition) is 5. The summed E-state index contributed by atoms with van der Waals surface area (Å²) in [6.45, 7) is 2.02. The van der Waals surface area contributed by atoms with Gasteiger partial charge in [0.25, 0.3) is 5.91 Å². The molecule has 0 saturated carbocycles.